The van der Waals surface area contributed by atoms with E-state index in [0.717, 1.165) is 12.0 Å². The first-order chi connectivity index (χ1) is 7.86. The first-order valence-corrected chi connectivity index (χ1v) is 7.30. The summed E-state index contributed by atoms with van der Waals surface area (Å²) >= 11 is 0. The highest BCUT2D eigenvalue weighted by Gasteiger charge is 2.19. The van der Waals surface area contributed by atoms with Crippen molar-refractivity contribution in [1.82, 2.24) is 10.6 Å². The molecule has 1 fully saturated rings. The van der Waals surface area contributed by atoms with Crippen LogP contribution in [-0.2, 0) is 0 Å². The van der Waals surface area contributed by atoms with Crippen molar-refractivity contribution in [3.05, 3.63) is 0 Å². The van der Waals surface area contributed by atoms with E-state index in [-0.39, 0.29) is 0 Å². The zero-order valence-electron chi connectivity index (χ0n) is 11.2. The van der Waals surface area contributed by atoms with Gasteiger partial charge in [-0.2, -0.15) is 0 Å². The third kappa shape index (κ3) is 7.24. The lowest BCUT2D eigenvalue weighted by atomic mass is 9.98. The van der Waals surface area contributed by atoms with E-state index in [1.54, 1.807) is 0 Å². The molecule has 0 unspecified atom stereocenters. The van der Waals surface area contributed by atoms with Gasteiger partial charge in [0.1, 0.15) is 0 Å². The van der Waals surface area contributed by atoms with Gasteiger partial charge in [0, 0.05) is 6.04 Å². The van der Waals surface area contributed by atoms with Crippen LogP contribution in [0.5, 0.6) is 0 Å². The van der Waals surface area contributed by atoms with Crippen molar-refractivity contribution >= 4 is 0 Å². The molecule has 0 aromatic carbocycles. The first-order valence-electron chi connectivity index (χ1n) is 7.30. The van der Waals surface area contributed by atoms with E-state index in [4.69, 9.17) is 0 Å². The lowest BCUT2D eigenvalue weighted by Gasteiger charge is -2.16. The van der Waals surface area contributed by atoms with Gasteiger partial charge < -0.3 is 10.6 Å². The minimum absolute atomic E-state index is 0.868. The van der Waals surface area contributed by atoms with Gasteiger partial charge in [-0.1, -0.05) is 26.7 Å². The predicted octanol–water partition coefficient (Wildman–Crippen LogP) is 2.93. The van der Waals surface area contributed by atoms with E-state index in [9.17, 15) is 0 Å². The Bertz CT molecular complexity index is 149. The van der Waals surface area contributed by atoms with Crippen molar-refractivity contribution in [2.24, 2.45) is 5.92 Å². The predicted molar refractivity (Wildman–Crippen MR) is 71.8 cm³/mol. The molecule has 16 heavy (non-hydrogen) atoms. The van der Waals surface area contributed by atoms with Gasteiger partial charge in [-0.25, -0.2) is 0 Å². The Balaban J connectivity index is 1.85. The number of nitrogens with one attached hydrogen (secondary N) is 2. The summed E-state index contributed by atoms with van der Waals surface area (Å²) in [6.07, 6.45) is 9.53. The molecule has 0 aliphatic heterocycles. The van der Waals surface area contributed by atoms with Gasteiger partial charge in [-0.3, -0.25) is 0 Å². The van der Waals surface area contributed by atoms with Crippen LogP contribution in [0.3, 0.4) is 0 Å². The topological polar surface area (TPSA) is 24.1 Å². The molecule has 0 aromatic rings. The highest BCUT2D eigenvalue weighted by atomic mass is 14.9. The molecule has 2 nitrogen and oxygen atoms in total. The number of hydrogen-bond acceptors (Lipinski definition) is 2. The SMILES string of the molecule is CCCC(CCC)CNCCCNC1CC1. The van der Waals surface area contributed by atoms with E-state index in [1.807, 2.05) is 0 Å². The molecule has 0 spiro atoms. The monoisotopic (exact) mass is 226 g/mol. The summed E-state index contributed by atoms with van der Waals surface area (Å²) in [5, 5.41) is 7.16. The summed E-state index contributed by atoms with van der Waals surface area (Å²) in [6.45, 7) is 8.20. The number of hydrogen-bond donors (Lipinski definition) is 2. The van der Waals surface area contributed by atoms with E-state index in [0.29, 0.717) is 0 Å². The third-order valence-electron chi connectivity index (χ3n) is 3.37. The van der Waals surface area contributed by atoms with Crippen molar-refractivity contribution < 1.29 is 0 Å². The standard InChI is InChI=1S/C14H30N2/c1-3-6-13(7-4-2)12-15-10-5-11-16-14-8-9-14/h13-16H,3-12H2,1-2H3. The lowest BCUT2D eigenvalue weighted by Crippen LogP contribution is -2.27. The first kappa shape index (κ1) is 14.0. The normalized spacial score (nSPS) is 15.9. The molecular weight excluding hydrogens is 196 g/mol. The van der Waals surface area contributed by atoms with Gasteiger partial charge >= 0.3 is 0 Å². The van der Waals surface area contributed by atoms with Crippen molar-refractivity contribution in [3.63, 3.8) is 0 Å². The molecule has 1 aliphatic rings. The second kappa shape index (κ2) is 9.00. The van der Waals surface area contributed by atoms with Crippen molar-refractivity contribution in [3.8, 4) is 0 Å². The third-order valence-corrected chi connectivity index (χ3v) is 3.37. The second-order valence-corrected chi connectivity index (χ2v) is 5.23. The fourth-order valence-corrected chi connectivity index (χ4v) is 2.28. The molecule has 2 N–H and O–H groups in total. The minimum atomic E-state index is 0.868. The average molecular weight is 226 g/mol. The van der Waals surface area contributed by atoms with Crippen LogP contribution in [-0.4, -0.2) is 25.7 Å². The minimum Gasteiger partial charge on any atom is -0.316 e. The molecule has 0 amide bonds. The molecule has 0 atom stereocenters. The summed E-state index contributed by atoms with van der Waals surface area (Å²) in [5.74, 6) is 0.909. The summed E-state index contributed by atoms with van der Waals surface area (Å²) in [4.78, 5) is 0. The molecule has 1 aliphatic carbocycles. The highest BCUT2D eigenvalue weighted by Crippen LogP contribution is 2.18. The van der Waals surface area contributed by atoms with Crippen LogP contribution < -0.4 is 10.6 Å². The molecule has 0 radical (unpaired) electrons. The van der Waals surface area contributed by atoms with Gasteiger partial charge in [0.05, 0.1) is 0 Å². The van der Waals surface area contributed by atoms with E-state index in [1.165, 1.54) is 64.6 Å². The Morgan fingerprint density at radius 3 is 2.31 bits per heavy atom. The van der Waals surface area contributed by atoms with Crippen LogP contribution in [0.2, 0.25) is 0 Å². The molecule has 0 bridgehead atoms. The molecular formula is C14H30N2. The zero-order valence-corrected chi connectivity index (χ0v) is 11.2. The van der Waals surface area contributed by atoms with E-state index < -0.39 is 0 Å². The van der Waals surface area contributed by atoms with Gasteiger partial charge in [-0.05, 0) is 57.7 Å². The molecule has 0 heterocycles. The van der Waals surface area contributed by atoms with Crippen LogP contribution in [0.4, 0.5) is 0 Å². The molecule has 96 valence electrons. The summed E-state index contributed by atoms with van der Waals surface area (Å²) in [7, 11) is 0. The van der Waals surface area contributed by atoms with Gasteiger partial charge in [0.2, 0.25) is 0 Å². The smallest absolute Gasteiger partial charge is 0.00682 e. The number of rotatable bonds is 11. The summed E-state index contributed by atoms with van der Waals surface area (Å²) < 4.78 is 0. The Labute approximate surface area is 102 Å². The Hall–Kier alpha value is -0.0800. The van der Waals surface area contributed by atoms with E-state index in [2.05, 4.69) is 24.5 Å². The summed E-state index contributed by atoms with van der Waals surface area (Å²) in [5.41, 5.74) is 0. The van der Waals surface area contributed by atoms with Crippen molar-refractivity contribution in [2.45, 2.75) is 64.8 Å². The van der Waals surface area contributed by atoms with Crippen LogP contribution in [0.15, 0.2) is 0 Å². The molecule has 0 aromatic heterocycles. The Kier molecular flexibility index (Phi) is 7.87. The molecule has 0 saturated heterocycles. The average Bonchev–Trinajstić information content (AvgIpc) is 3.07. The van der Waals surface area contributed by atoms with Crippen LogP contribution in [0.1, 0.15) is 58.8 Å². The van der Waals surface area contributed by atoms with Crippen molar-refractivity contribution in [1.29, 1.82) is 0 Å². The maximum Gasteiger partial charge on any atom is 0.00682 e. The van der Waals surface area contributed by atoms with Crippen LogP contribution >= 0.6 is 0 Å². The van der Waals surface area contributed by atoms with Gasteiger partial charge in [-0.15, -0.1) is 0 Å². The molecule has 2 heteroatoms. The van der Waals surface area contributed by atoms with Crippen LogP contribution in [0, 0.1) is 5.92 Å². The van der Waals surface area contributed by atoms with Gasteiger partial charge in [0.25, 0.3) is 0 Å². The van der Waals surface area contributed by atoms with Gasteiger partial charge in [0.15, 0.2) is 0 Å². The fourth-order valence-electron chi connectivity index (χ4n) is 2.28. The quantitative estimate of drug-likeness (QED) is 0.529. The summed E-state index contributed by atoms with van der Waals surface area (Å²) in [6, 6.07) is 0.868. The Morgan fingerprint density at radius 2 is 1.75 bits per heavy atom. The lowest BCUT2D eigenvalue weighted by molar-refractivity contribution is 0.408. The van der Waals surface area contributed by atoms with Crippen molar-refractivity contribution in [2.75, 3.05) is 19.6 Å². The zero-order chi connectivity index (χ0) is 11.6. The second-order valence-electron chi connectivity index (χ2n) is 5.23. The maximum atomic E-state index is 3.61. The molecule has 1 rings (SSSR count). The van der Waals surface area contributed by atoms with Crippen LogP contribution in [0.25, 0.3) is 0 Å². The highest BCUT2D eigenvalue weighted by molar-refractivity contribution is 4.80. The fraction of sp³-hybridized carbons (Fsp3) is 1.00. The molecule has 1 saturated carbocycles. The largest absolute Gasteiger partial charge is 0.316 e. The van der Waals surface area contributed by atoms with E-state index >= 15 is 0 Å². The Morgan fingerprint density at radius 1 is 1.06 bits per heavy atom. The maximum absolute atomic E-state index is 3.61.